The highest BCUT2D eigenvalue weighted by molar-refractivity contribution is 5.88. The minimum absolute atomic E-state index is 0.127. The molecule has 1 amide bonds. The monoisotopic (exact) mass is 402 g/mol. The number of aliphatic hydroxyl groups is 1. The van der Waals surface area contributed by atoms with Crippen LogP contribution in [-0.4, -0.2) is 53.0 Å². The fraction of sp³-hybridized carbons (Fsp3) is 0.450. The standard InChI is InChI=1S/C20H30N6O3/c1-5-21-19(23-14-20(3,28)16-12-24-26(4)13-16)22-9-10-29-18-8-6-7-17(11-18)25-15(2)27/h6-8,11-13,28H,5,9-10,14H2,1-4H3,(H,25,27)(H2,21,22,23). The van der Waals surface area contributed by atoms with Crippen LogP contribution < -0.4 is 20.7 Å². The fourth-order valence-corrected chi connectivity index (χ4v) is 2.57. The Kier molecular flexibility index (Phi) is 8.02. The maximum absolute atomic E-state index is 11.1. The summed E-state index contributed by atoms with van der Waals surface area (Å²) in [5.74, 6) is 1.13. The number of anilines is 1. The number of carbonyl (C=O) groups excluding carboxylic acids is 1. The largest absolute Gasteiger partial charge is 0.492 e. The Bertz CT molecular complexity index is 831. The second-order valence-electron chi connectivity index (χ2n) is 6.86. The number of benzene rings is 1. The topological polar surface area (TPSA) is 113 Å². The lowest BCUT2D eigenvalue weighted by molar-refractivity contribution is -0.114. The predicted molar refractivity (Wildman–Crippen MR) is 113 cm³/mol. The molecule has 1 heterocycles. The molecule has 158 valence electrons. The number of rotatable bonds is 9. The van der Waals surface area contributed by atoms with Gasteiger partial charge in [0.1, 0.15) is 18.0 Å². The summed E-state index contributed by atoms with van der Waals surface area (Å²) in [6.07, 6.45) is 3.41. The van der Waals surface area contributed by atoms with E-state index in [1.54, 1.807) is 43.2 Å². The van der Waals surface area contributed by atoms with E-state index in [0.717, 1.165) is 0 Å². The van der Waals surface area contributed by atoms with E-state index in [1.807, 2.05) is 19.1 Å². The van der Waals surface area contributed by atoms with E-state index in [1.165, 1.54) is 6.92 Å². The number of ether oxygens (including phenoxy) is 1. The van der Waals surface area contributed by atoms with Gasteiger partial charge < -0.3 is 25.8 Å². The van der Waals surface area contributed by atoms with Gasteiger partial charge in [0.15, 0.2) is 5.96 Å². The van der Waals surface area contributed by atoms with Crippen LogP contribution in [0.5, 0.6) is 5.75 Å². The lowest BCUT2D eigenvalue weighted by Gasteiger charge is -2.20. The van der Waals surface area contributed by atoms with Gasteiger partial charge in [0, 0.05) is 44.0 Å². The smallest absolute Gasteiger partial charge is 0.221 e. The van der Waals surface area contributed by atoms with Crippen LogP contribution in [-0.2, 0) is 17.4 Å². The van der Waals surface area contributed by atoms with E-state index >= 15 is 0 Å². The maximum atomic E-state index is 11.1. The van der Waals surface area contributed by atoms with Crippen molar-refractivity contribution in [3.05, 3.63) is 42.2 Å². The van der Waals surface area contributed by atoms with E-state index < -0.39 is 5.60 Å². The number of guanidine groups is 1. The minimum atomic E-state index is -1.11. The highest BCUT2D eigenvalue weighted by Gasteiger charge is 2.24. The number of aromatic nitrogens is 2. The molecule has 2 rings (SSSR count). The summed E-state index contributed by atoms with van der Waals surface area (Å²) in [7, 11) is 1.81. The van der Waals surface area contributed by atoms with Crippen molar-refractivity contribution >= 4 is 17.6 Å². The Morgan fingerprint density at radius 2 is 2.17 bits per heavy atom. The van der Waals surface area contributed by atoms with Gasteiger partial charge in [0.2, 0.25) is 5.91 Å². The van der Waals surface area contributed by atoms with Crippen molar-refractivity contribution < 1.29 is 14.6 Å². The Balaban J connectivity index is 1.86. The summed E-state index contributed by atoms with van der Waals surface area (Å²) in [5, 5.41) is 23.8. The summed E-state index contributed by atoms with van der Waals surface area (Å²) in [6.45, 7) is 6.96. The summed E-state index contributed by atoms with van der Waals surface area (Å²) in [5.41, 5.74) is 0.287. The molecule has 1 unspecified atom stereocenters. The number of hydrogen-bond donors (Lipinski definition) is 4. The number of nitrogens with zero attached hydrogens (tertiary/aromatic N) is 3. The van der Waals surface area contributed by atoms with Crippen molar-refractivity contribution in [3.63, 3.8) is 0 Å². The Labute approximate surface area is 171 Å². The van der Waals surface area contributed by atoms with Gasteiger partial charge in [0.05, 0.1) is 19.3 Å². The third kappa shape index (κ3) is 7.46. The lowest BCUT2D eigenvalue weighted by Crippen LogP contribution is -2.40. The molecule has 9 nitrogen and oxygen atoms in total. The van der Waals surface area contributed by atoms with Gasteiger partial charge in [-0.1, -0.05) is 6.07 Å². The zero-order valence-corrected chi connectivity index (χ0v) is 17.4. The quantitative estimate of drug-likeness (QED) is 0.285. The van der Waals surface area contributed by atoms with Crippen LogP contribution in [0.1, 0.15) is 26.3 Å². The second-order valence-corrected chi connectivity index (χ2v) is 6.86. The molecule has 0 saturated carbocycles. The third-order valence-corrected chi connectivity index (χ3v) is 4.03. The molecular weight excluding hydrogens is 372 g/mol. The Hall–Kier alpha value is -3.07. The van der Waals surface area contributed by atoms with Crippen LogP contribution in [0.2, 0.25) is 0 Å². The molecule has 0 aliphatic carbocycles. The van der Waals surface area contributed by atoms with Crippen LogP contribution >= 0.6 is 0 Å². The third-order valence-electron chi connectivity index (χ3n) is 4.03. The number of nitrogens with one attached hydrogen (secondary N) is 3. The van der Waals surface area contributed by atoms with Gasteiger partial charge in [-0.05, 0) is 26.0 Å². The van der Waals surface area contributed by atoms with Crippen molar-refractivity contribution in [2.45, 2.75) is 26.4 Å². The van der Waals surface area contributed by atoms with Crippen molar-refractivity contribution in [1.82, 2.24) is 20.4 Å². The normalized spacial score (nSPS) is 13.5. The van der Waals surface area contributed by atoms with Crippen LogP contribution in [0.25, 0.3) is 0 Å². The van der Waals surface area contributed by atoms with E-state index in [9.17, 15) is 9.90 Å². The molecule has 0 saturated heterocycles. The highest BCUT2D eigenvalue weighted by Crippen LogP contribution is 2.20. The molecule has 0 aliphatic heterocycles. The molecule has 4 N–H and O–H groups in total. The fourth-order valence-electron chi connectivity index (χ4n) is 2.57. The first kappa shape index (κ1) is 22.2. The van der Waals surface area contributed by atoms with E-state index in [-0.39, 0.29) is 12.5 Å². The molecule has 9 heteroatoms. The number of carbonyl (C=O) groups is 1. The Morgan fingerprint density at radius 3 is 2.83 bits per heavy atom. The predicted octanol–water partition coefficient (Wildman–Crippen LogP) is 1.22. The van der Waals surface area contributed by atoms with E-state index in [2.05, 4.69) is 26.0 Å². The highest BCUT2D eigenvalue weighted by atomic mass is 16.5. The number of amides is 1. The molecule has 1 aromatic carbocycles. The van der Waals surface area contributed by atoms with E-state index in [0.29, 0.717) is 42.7 Å². The average molecular weight is 402 g/mol. The van der Waals surface area contributed by atoms with Crippen LogP contribution in [0.4, 0.5) is 5.69 Å². The first-order chi connectivity index (χ1) is 13.8. The van der Waals surface area contributed by atoms with Gasteiger partial charge in [-0.2, -0.15) is 5.10 Å². The van der Waals surface area contributed by atoms with E-state index in [4.69, 9.17) is 4.74 Å². The molecular formula is C20H30N6O3. The Morgan fingerprint density at radius 1 is 1.38 bits per heavy atom. The van der Waals surface area contributed by atoms with Crippen molar-refractivity contribution in [2.75, 3.05) is 31.6 Å². The van der Waals surface area contributed by atoms with Gasteiger partial charge in [-0.15, -0.1) is 0 Å². The van der Waals surface area contributed by atoms with Gasteiger partial charge in [-0.25, -0.2) is 4.99 Å². The van der Waals surface area contributed by atoms with Gasteiger partial charge in [-0.3, -0.25) is 9.48 Å². The second kappa shape index (κ2) is 10.5. The van der Waals surface area contributed by atoms with Crippen LogP contribution in [0.15, 0.2) is 41.7 Å². The summed E-state index contributed by atoms with van der Waals surface area (Å²) in [4.78, 5) is 15.6. The van der Waals surface area contributed by atoms with Crippen molar-refractivity contribution in [2.24, 2.45) is 12.0 Å². The number of hydrogen-bond acceptors (Lipinski definition) is 5. The average Bonchev–Trinajstić information content (AvgIpc) is 3.10. The lowest BCUT2D eigenvalue weighted by atomic mass is 10.0. The van der Waals surface area contributed by atoms with Crippen molar-refractivity contribution in [1.29, 1.82) is 0 Å². The molecule has 0 bridgehead atoms. The molecule has 0 aliphatic rings. The molecule has 0 radical (unpaired) electrons. The maximum Gasteiger partial charge on any atom is 0.221 e. The molecule has 1 aromatic heterocycles. The molecule has 0 fully saturated rings. The molecule has 2 aromatic rings. The SMILES string of the molecule is CCNC(=NCC(C)(O)c1cnn(C)c1)NCCOc1cccc(NC(C)=O)c1. The zero-order chi connectivity index (χ0) is 21.3. The van der Waals surface area contributed by atoms with Crippen molar-refractivity contribution in [3.8, 4) is 5.75 Å². The first-order valence-corrected chi connectivity index (χ1v) is 9.54. The molecule has 0 spiro atoms. The zero-order valence-electron chi connectivity index (χ0n) is 17.4. The summed E-state index contributed by atoms with van der Waals surface area (Å²) >= 11 is 0. The summed E-state index contributed by atoms with van der Waals surface area (Å²) in [6, 6.07) is 7.22. The molecule has 1 atom stereocenters. The van der Waals surface area contributed by atoms with Gasteiger partial charge in [0.25, 0.3) is 0 Å². The van der Waals surface area contributed by atoms with Crippen LogP contribution in [0.3, 0.4) is 0 Å². The first-order valence-electron chi connectivity index (χ1n) is 9.54. The van der Waals surface area contributed by atoms with Crippen LogP contribution in [0, 0.1) is 0 Å². The number of aryl methyl sites for hydroxylation is 1. The number of aliphatic imine (C=N–C) groups is 1. The molecule has 29 heavy (non-hydrogen) atoms. The minimum Gasteiger partial charge on any atom is -0.492 e. The van der Waals surface area contributed by atoms with Gasteiger partial charge >= 0.3 is 0 Å². The summed E-state index contributed by atoms with van der Waals surface area (Å²) < 4.78 is 7.37.